The molecule has 1 heterocycles. The lowest BCUT2D eigenvalue weighted by Gasteiger charge is -2.06. The van der Waals surface area contributed by atoms with Crippen molar-refractivity contribution in [2.24, 2.45) is 10.7 Å². The fraction of sp³-hybridized carbons (Fsp3) is 0.833. The second-order valence-corrected chi connectivity index (χ2v) is 2.42. The molecule has 3 N–H and O–H groups in total. The zero-order chi connectivity index (χ0) is 7.56. The Morgan fingerprint density at radius 1 is 1.90 bits per heavy atom. The summed E-state index contributed by atoms with van der Waals surface area (Å²) in [5.41, 5.74) is 5.47. The Morgan fingerprint density at radius 3 is 3.00 bits per heavy atom. The van der Waals surface area contributed by atoms with E-state index in [4.69, 9.17) is 10.5 Å². The normalized spacial score (nSPS) is 27.9. The number of amidine groups is 1. The highest BCUT2D eigenvalue weighted by atomic mass is 16.5. The van der Waals surface area contributed by atoms with Crippen LogP contribution in [0.4, 0.5) is 0 Å². The van der Waals surface area contributed by atoms with Crippen LogP contribution in [0.3, 0.4) is 0 Å². The Balaban J connectivity index is 2.35. The van der Waals surface area contributed by atoms with Crippen molar-refractivity contribution in [2.45, 2.75) is 26.2 Å². The first-order valence-corrected chi connectivity index (χ1v) is 3.39. The van der Waals surface area contributed by atoms with Crippen LogP contribution in [-0.2, 0) is 4.74 Å². The van der Waals surface area contributed by atoms with E-state index in [9.17, 15) is 0 Å². The maximum atomic E-state index is 5.47. The van der Waals surface area contributed by atoms with Crippen LogP contribution in [0, 0.1) is 0 Å². The van der Waals surface area contributed by atoms with E-state index >= 15 is 0 Å². The van der Waals surface area contributed by atoms with Crippen molar-refractivity contribution < 1.29 is 4.74 Å². The van der Waals surface area contributed by atoms with Gasteiger partial charge in [0.05, 0.1) is 6.17 Å². The van der Waals surface area contributed by atoms with Crippen LogP contribution < -0.4 is 11.1 Å². The average Bonchev–Trinajstić information content (AvgIpc) is 2.13. The standard InChI is InChI=1S/C6H13N3O/c1-4(7)8-6-3-10-5(2)9-6/h4-5H,3,7H2,1-2H3,(H,8,9). The first-order valence-electron chi connectivity index (χ1n) is 3.39. The molecule has 0 aromatic rings. The minimum atomic E-state index is -0.0485. The number of aliphatic imine (C=N–C) groups is 1. The molecule has 0 amide bonds. The smallest absolute Gasteiger partial charge is 0.148 e. The lowest BCUT2D eigenvalue weighted by atomic mass is 10.5. The molecule has 0 aromatic carbocycles. The molecule has 0 aromatic heterocycles. The van der Waals surface area contributed by atoms with E-state index in [2.05, 4.69) is 10.3 Å². The highest BCUT2D eigenvalue weighted by Gasteiger charge is 2.12. The van der Waals surface area contributed by atoms with Gasteiger partial charge in [-0.1, -0.05) is 0 Å². The van der Waals surface area contributed by atoms with Crippen molar-refractivity contribution in [3.8, 4) is 0 Å². The van der Waals surface area contributed by atoms with Gasteiger partial charge in [0.15, 0.2) is 0 Å². The van der Waals surface area contributed by atoms with Gasteiger partial charge in [-0.25, -0.2) is 4.99 Å². The highest BCUT2D eigenvalue weighted by molar-refractivity contribution is 5.84. The summed E-state index contributed by atoms with van der Waals surface area (Å²) in [6.45, 7) is 4.32. The van der Waals surface area contributed by atoms with Gasteiger partial charge >= 0.3 is 0 Å². The Bertz CT molecular complexity index is 144. The zero-order valence-electron chi connectivity index (χ0n) is 6.29. The molecule has 10 heavy (non-hydrogen) atoms. The Hall–Kier alpha value is -0.610. The van der Waals surface area contributed by atoms with E-state index in [0.29, 0.717) is 6.61 Å². The molecule has 0 spiro atoms. The van der Waals surface area contributed by atoms with E-state index in [1.807, 2.05) is 13.8 Å². The lowest BCUT2D eigenvalue weighted by molar-refractivity contribution is 0.124. The Kier molecular flexibility index (Phi) is 2.24. The van der Waals surface area contributed by atoms with Gasteiger partial charge in [-0.3, -0.25) is 0 Å². The van der Waals surface area contributed by atoms with Crippen molar-refractivity contribution in [1.29, 1.82) is 0 Å². The molecule has 1 aliphatic heterocycles. The molecule has 0 bridgehead atoms. The van der Waals surface area contributed by atoms with E-state index in [1.165, 1.54) is 0 Å². The minimum absolute atomic E-state index is 0.0127. The van der Waals surface area contributed by atoms with E-state index in [-0.39, 0.29) is 12.4 Å². The third kappa shape index (κ3) is 1.97. The van der Waals surface area contributed by atoms with Crippen molar-refractivity contribution in [1.82, 2.24) is 5.32 Å². The molecule has 1 aliphatic rings. The summed E-state index contributed by atoms with van der Waals surface area (Å²) in [7, 11) is 0. The fourth-order valence-corrected chi connectivity index (χ4v) is 0.835. The van der Waals surface area contributed by atoms with Crippen LogP contribution >= 0.6 is 0 Å². The molecular weight excluding hydrogens is 130 g/mol. The molecular formula is C6H13N3O. The Labute approximate surface area is 60.5 Å². The third-order valence-electron chi connectivity index (χ3n) is 1.19. The highest BCUT2D eigenvalue weighted by Crippen LogP contribution is 2.00. The fourth-order valence-electron chi connectivity index (χ4n) is 0.835. The van der Waals surface area contributed by atoms with Gasteiger partial charge in [0, 0.05) is 0 Å². The number of ether oxygens (including phenoxy) is 1. The molecule has 4 nitrogen and oxygen atoms in total. The molecule has 2 atom stereocenters. The molecule has 58 valence electrons. The summed E-state index contributed by atoms with van der Waals surface area (Å²) < 4.78 is 5.14. The number of nitrogens with zero attached hydrogens (tertiary/aromatic N) is 1. The number of hydrogen-bond acceptors (Lipinski definition) is 4. The largest absolute Gasteiger partial charge is 0.357 e. The first-order chi connectivity index (χ1) is 4.68. The molecule has 1 rings (SSSR count). The molecule has 2 unspecified atom stereocenters. The van der Waals surface area contributed by atoms with Crippen LogP contribution in [0.1, 0.15) is 13.8 Å². The topological polar surface area (TPSA) is 59.6 Å². The average molecular weight is 143 g/mol. The predicted octanol–water partition coefficient (Wildman–Crippen LogP) is -0.345. The molecule has 0 fully saturated rings. The Morgan fingerprint density at radius 2 is 2.60 bits per heavy atom. The van der Waals surface area contributed by atoms with Crippen LogP contribution in [0.2, 0.25) is 0 Å². The van der Waals surface area contributed by atoms with E-state index in [1.54, 1.807) is 0 Å². The molecule has 0 saturated heterocycles. The van der Waals surface area contributed by atoms with E-state index in [0.717, 1.165) is 5.84 Å². The number of hydrogen-bond donors (Lipinski definition) is 2. The third-order valence-corrected chi connectivity index (χ3v) is 1.19. The van der Waals surface area contributed by atoms with Gasteiger partial charge < -0.3 is 15.8 Å². The molecule has 4 heteroatoms. The second kappa shape index (κ2) is 2.98. The first kappa shape index (κ1) is 7.50. The maximum absolute atomic E-state index is 5.47. The number of rotatable bonds is 1. The van der Waals surface area contributed by atoms with Gasteiger partial charge in [-0.2, -0.15) is 0 Å². The number of nitrogens with one attached hydrogen (secondary N) is 1. The van der Waals surface area contributed by atoms with Crippen LogP contribution in [-0.4, -0.2) is 24.8 Å². The van der Waals surface area contributed by atoms with Crippen LogP contribution in [0.15, 0.2) is 4.99 Å². The van der Waals surface area contributed by atoms with Crippen molar-refractivity contribution in [3.63, 3.8) is 0 Å². The van der Waals surface area contributed by atoms with Gasteiger partial charge in [0.25, 0.3) is 0 Å². The summed E-state index contributed by atoms with van der Waals surface area (Å²) in [6, 6.07) is 0. The lowest BCUT2D eigenvalue weighted by Crippen LogP contribution is -2.39. The summed E-state index contributed by atoms with van der Waals surface area (Å²) in [5, 5.41) is 2.97. The minimum Gasteiger partial charge on any atom is -0.357 e. The quantitative estimate of drug-likeness (QED) is 0.493. The second-order valence-electron chi connectivity index (χ2n) is 2.42. The molecule has 0 aliphatic carbocycles. The SMILES string of the molecule is CC(N)NC1=NC(C)OC1. The van der Waals surface area contributed by atoms with Gasteiger partial charge in [0.2, 0.25) is 0 Å². The monoisotopic (exact) mass is 143 g/mol. The van der Waals surface area contributed by atoms with Crippen molar-refractivity contribution >= 4 is 5.84 Å². The summed E-state index contributed by atoms with van der Waals surface area (Å²) in [4.78, 5) is 4.13. The predicted molar refractivity (Wildman–Crippen MR) is 39.6 cm³/mol. The molecule has 0 radical (unpaired) electrons. The van der Waals surface area contributed by atoms with Crippen LogP contribution in [0.5, 0.6) is 0 Å². The van der Waals surface area contributed by atoms with Crippen LogP contribution in [0.25, 0.3) is 0 Å². The van der Waals surface area contributed by atoms with Crippen molar-refractivity contribution in [2.75, 3.05) is 6.61 Å². The van der Waals surface area contributed by atoms with E-state index < -0.39 is 0 Å². The zero-order valence-corrected chi connectivity index (χ0v) is 6.29. The number of nitrogens with two attached hydrogens (primary N) is 1. The maximum Gasteiger partial charge on any atom is 0.148 e. The summed E-state index contributed by atoms with van der Waals surface area (Å²) >= 11 is 0. The molecule has 0 saturated carbocycles. The van der Waals surface area contributed by atoms with Gasteiger partial charge in [-0.05, 0) is 13.8 Å². The van der Waals surface area contributed by atoms with Gasteiger partial charge in [-0.15, -0.1) is 0 Å². The summed E-state index contributed by atoms with van der Waals surface area (Å²) in [6.07, 6.45) is -0.0612. The van der Waals surface area contributed by atoms with Gasteiger partial charge in [0.1, 0.15) is 18.7 Å². The van der Waals surface area contributed by atoms with Crippen molar-refractivity contribution in [3.05, 3.63) is 0 Å². The summed E-state index contributed by atoms with van der Waals surface area (Å²) in [5.74, 6) is 0.850.